The van der Waals surface area contributed by atoms with Gasteiger partial charge in [0.15, 0.2) is 0 Å². The first-order valence-electron chi connectivity index (χ1n) is 5.70. The molecule has 1 heterocycles. The summed E-state index contributed by atoms with van der Waals surface area (Å²) in [4.78, 5) is 0. The molecule has 1 unspecified atom stereocenters. The summed E-state index contributed by atoms with van der Waals surface area (Å²) < 4.78 is 1.69. The van der Waals surface area contributed by atoms with Crippen LogP contribution in [0.5, 0.6) is 0 Å². The number of aryl methyl sites for hydroxylation is 1. The molecule has 0 bridgehead atoms. The van der Waals surface area contributed by atoms with Crippen molar-refractivity contribution in [1.29, 1.82) is 0 Å². The van der Waals surface area contributed by atoms with Gasteiger partial charge in [-0.3, -0.25) is 4.68 Å². The first kappa shape index (κ1) is 13.4. The topological polar surface area (TPSA) is 38.0 Å². The van der Waals surface area contributed by atoms with Crippen molar-refractivity contribution < 1.29 is 5.11 Å². The van der Waals surface area contributed by atoms with Crippen LogP contribution in [0.25, 0.3) is 0 Å². The lowest BCUT2D eigenvalue weighted by molar-refractivity contribution is 0.207. The van der Waals surface area contributed by atoms with Gasteiger partial charge in [0.25, 0.3) is 0 Å². The van der Waals surface area contributed by atoms with E-state index in [0.717, 1.165) is 11.1 Å². The SMILES string of the molecule is CCn1ncc(Cl)c1C(O)c1cccc(Cl)c1C. The van der Waals surface area contributed by atoms with Crippen LogP contribution in [0.2, 0.25) is 10.0 Å². The maximum absolute atomic E-state index is 10.5. The average Bonchev–Trinajstić information content (AvgIpc) is 2.73. The Balaban J connectivity index is 2.51. The summed E-state index contributed by atoms with van der Waals surface area (Å²) in [5.41, 5.74) is 2.20. The van der Waals surface area contributed by atoms with Crippen molar-refractivity contribution in [3.05, 3.63) is 51.3 Å². The molecule has 0 aliphatic heterocycles. The number of rotatable bonds is 3. The second-order valence-electron chi connectivity index (χ2n) is 4.05. The summed E-state index contributed by atoms with van der Waals surface area (Å²) in [7, 11) is 0. The maximum atomic E-state index is 10.5. The lowest BCUT2D eigenvalue weighted by Gasteiger charge is -2.16. The molecule has 18 heavy (non-hydrogen) atoms. The van der Waals surface area contributed by atoms with Gasteiger partial charge in [-0.1, -0.05) is 35.3 Å². The molecule has 0 saturated carbocycles. The molecule has 0 amide bonds. The van der Waals surface area contributed by atoms with E-state index in [1.165, 1.54) is 0 Å². The average molecular weight is 285 g/mol. The third-order valence-corrected chi connectivity index (χ3v) is 3.70. The highest BCUT2D eigenvalue weighted by Crippen LogP contribution is 2.32. The molecule has 1 N–H and O–H groups in total. The number of nitrogens with zero attached hydrogens (tertiary/aromatic N) is 2. The van der Waals surface area contributed by atoms with Gasteiger partial charge in [0.2, 0.25) is 0 Å². The Hall–Kier alpha value is -1.03. The zero-order valence-corrected chi connectivity index (χ0v) is 11.7. The van der Waals surface area contributed by atoms with E-state index in [-0.39, 0.29) is 0 Å². The van der Waals surface area contributed by atoms with E-state index in [9.17, 15) is 5.11 Å². The lowest BCUT2D eigenvalue weighted by atomic mass is 10.0. The van der Waals surface area contributed by atoms with Gasteiger partial charge in [-0.15, -0.1) is 0 Å². The quantitative estimate of drug-likeness (QED) is 0.935. The van der Waals surface area contributed by atoms with Gasteiger partial charge in [-0.2, -0.15) is 5.10 Å². The molecule has 0 aliphatic carbocycles. The number of aromatic nitrogens is 2. The largest absolute Gasteiger partial charge is 0.382 e. The fraction of sp³-hybridized carbons (Fsp3) is 0.308. The minimum absolute atomic E-state index is 0.462. The van der Waals surface area contributed by atoms with E-state index in [1.807, 2.05) is 26.0 Å². The van der Waals surface area contributed by atoms with Crippen molar-refractivity contribution in [3.8, 4) is 0 Å². The van der Waals surface area contributed by atoms with Crippen molar-refractivity contribution in [2.75, 3.05) is 0 Å². The second kappa shape index (κ2) is 5.31. The van der Waals surface area contributed by atoms with Crippen LogP contribution in [0.15, 0.2) is 24.4 Å². The monoisotopic (exact) mass is 284 g/mol. The number of halogens is 2. The molecule has 1 atom stereocenters. The summed E-state index contributed by atoms with van der Waals surface area (Å²) in [5, 5.41) is 15.7. The second-order valence-corrected chi connectivity index (χ2v) is 4.86. The number of benzene rings is 1. The summed E-state index contributed by atoms with van der Waals surface area (Å²) in [6.45, 7) is 4.48. The molecular weight excluding hydrogens is 271 g/mol. The molecule has 1 aromatic heterocycles. The Bertz CT molecular complexity index is 566. The van der Waals surface area contributed by atoms with E-state index in [0.29, 0.717) is 22.3 Å². The van der Waals surface area contributed by atoms with Gasteiger partial charge < -0.3 is 5.11 Å². The summed E-state index contributed by atoms with van der Waals surface area (Å²) >= 11 is 12.2. The Morgan fingerprint density at radius 2 is 2.06 bits per heavy atom. The Labute approximate surface area is 116 Å². The van der Waals surface area contributed by atoms with Crippen molar-refractivity contribution in [3.63, 3.8) is 0 Å². The maximum Gasteiger partial charge on any atom is 0.122 e. The van der Waals surface area contributed by atoms with E-state index >= 15 is 0 Å². The van der Waals surface area contributed by atoms with Crippen molar-refractivity contribution in [2.24, 2.45) is 0 Å². The minimum Gasteiger partial charge on any atom is -0.382 e. The fourth-order valence-corrected chi connectivity index (χ4v) is 2.39. The zero-order valence-electron chi connectivity index (χ0n) is 10.2. The van der Waals surface area contributed by atoms with E-state index < -0.39 is 6.10 Å². The van der Waals surface area contributed by atoms with Gasteiger partial charge >= 0.3 is 0 Å². The zero-order chi connectivity index (χ0) is 13.3. The molecule has 96 valence electrons. The van der Waals surface area contributed by atoms with Crippen LogP contribution in [0, 0.1) is 6.92 Å². The summed E-state index contributed by atoms with van der Waals surface area (Å²) in [5.74, 6) is 0. The van der Waals surface area contributed by atoms with E-state index in [1.54, 1.807) is 16.9 Å². The molecular formula is C13H14Cl2N2O. The number of hydrogen-bond acceptors (Lipinski definition) is 2. The van der Waals surface area contributed by atoms with Crippen LogP contribution < -0.4 is 0 Å². The summed E-state index contributed by atoms with van der Waals surface area (Å²) in [6, 6.07) is 5.45. The Morgan fingerprint density at radius 1 is 1.33 bits per heavy atom. The van der Waals surface area contributed by atoms with Crippen molar-refractivity contribution >= 4 is 23.2 Å². The number of hydrogen-bond donors (Lipinski definition) is 1. The van der Waals surface area contributed by atoms with Crippen molar-refractivity contribution in [2.45, 2.75) is 26.5 Å². The van der Waals surface area contributed by atoms with Gasteiger partial charge in [-0.05, 0) is 31.0 Å². The molecule has 3 nitrogen and oxygen atoms in total. The van der Waals surface area contributed by atoms with Gasteiger partial charge in [0.1, 0.15) is 6.10 Å². The van der Waals surface area contributed by atoms with E-state index in [4.69, 9.17) is 23.2 Å². The Morgan fingerprint density at radius 3 is 2.72 bits per heavy atom. The van der Waals surface area contributed by atoms with E-state index in [2.05, 4.69) is 5.10 Å². The smallest absolute Gasteiger partial charge is 0.122 e. The molecule has 2 rings (SSSR count). The molecule has 0 saturated heterocycles. The normalized spacial score (nSPS) is 12.7. The number of aliphatic hydroxyl groups is 1. The summed E-state index contributed by atoms with van der Waals surface area (Å²) in [6.07, 6.45) is 0.724. The number of aliphatic hydroxyl groups excluding tert-OH is 1. The van der Waals surface area contributed by atoms with Gasteiger partial charge in [0.05, 0.1) is 16.9 Å². The third-order valence-electron chi connectivity index (χ3n) is 3.00. The molecule has 5 heteroatoms. The highest BCUT2D eigenvalue weighted by atomic mass is 35.5. The van der Waals surface area contributed by atoms with Gasteiger partial charge in [-0.25, -0.2) is 0 Å². The van der Waals surface area contributed by atoms with Crippen LogP contribution in [0.3, 0.4) is 0 Å². The molecule has 1 aromatic carbocycles. The lowest BCUT2D eigenvalue weighted by Crippen LogP contribution is -2.10. The minimum atomic E-state index is -0.821. The predicted octanol–water partition coefficient (Wildman–Crippen LogP) is 3.60. The highest BCUT2D eigenvalue weighted by Gasteiger charge is 2.21. The highest BCUT2D eigenvalue weighted by molar-refractivity contribution is 6.31. The molecule has 0 aliphatic rings. The molecule has 0 spiro atoms. The fourth-order valence-electron chi connectivity index (χ4n) is 1.96. The van der Waals surface area contributed by atoms with Crippen LogP contribution in [0.4, 0.5) is 0 Å². The molecule has 0 fully saturated rings. The first-order valence-corrected chi connectivity index (χ1v) is 6.46. The first-order chi connectivity index (χ1) is 8.56. The molecule has 0 radical (unpaired) electrons. The van der Waals surface area contributed by atoms with Crippen LogP contribution in [0.1, 0.15) is 29.8 Å². The van der Waals surface area contributed by atoms with Gasteiger partial charge in [0, 0.05) is 11.6 Å². The molecule has 2 aromatic rings. The standard InChI is InChI=1S/C13H14Cl2N2O/c1-3-17-12(11(15)7-16-17)13(18)9-5-4-6-10(14)8(9)2/h4-7,13,18H,3H2,1-2H3. The van der Waals surface area contributed by atoms with Crippen LogP contribution >= 0.6 is 23.2 Å². The Kier molecular flexibility index (Phi) is 3.95. The van der Waals surface area contributed by atoms with Crippen LogP contribution in [-0.2, 0) is 6.54 Å². The predicted molar refractivity (Wildman–Crippen MR) is 73.2 cm³/mol. The third kappa shape index (κ3) is 2.26. The van der Waals surface area contributed by atoms with Crippen LogP contribution in [-0.4, -0.2) is 14.9 Å². The van der Waals surface area contributed by atoms with Crippen molar-refractivity contribution in [1.82, 2.24) is 9.78 Å².